The Bertz CT molecular complexity index is 296. The summed E-state index contributed by atoms with van der Waals surface area (Å²) in [5.74, 6) is -1.74. The van der Waals surface area contributed by atoms with Crippen molar-refractivity contribution in [2.45, 2.75) is 6.54 Å². The number of nitrogens with two attached hydrogens (primary N) is 1. The molecule has 0 amide bonds. The van der Waals surface area contributed by atoms with Crippen LogP contribution in [0.25, 0.3) is 0 Å². The van der Waals surface area contributed by atoms with Gasteiger partial charge in [-0.1, -0.05) is 0 Å². The molecule has 0 bridgehead atoms. The lowest BCUT2D eigenvalue weighted by Gasteiger charge is -2.05. The number of halogens is 2. The quantitative estimate of drug-likeness (QED) is 0.525. The van der Waals surface area contributed by atoms with Crippen molar-refractivity contribution >= 4 is 12.6 Å². The van der Waals surface area contributed by atoms with Gasteiger partial charge >= 0.3 is 7.12 Å². The molecule has 0 atom stereocenters. The number of hydrogen-bond acceptors (Lipinski definition) is 3. The Balaban J connectivity index is 3.20. The van der Waals surface area contributed by atoms with Gasteiger partial charge in [-0.25, -0.2) is 8.78 Å². The fraction of sp³-hybridized carbons (Fsp3) is 0.143. The Morgan fingerprint density at radius 1 is 1.23 bits per heavy atom. The van der Waals surface area contributed by atoms with Crippen LogP contribution in [-0.2, 0) is 6.54 Å². The minimum Gasteiger partial charge on any atom is -0.423 e. The average Bonchev–Trinajstić information content (AvgIpc) is 2.03. The highest BCUT2D eigenvalue weighted by molar-refractivity contribution is 6.58. The topological polar surface area (TPSA) is 66.5 Å². The molecule has 0 unspecified atom stereocenters. The number of hydrogen-bond donors (Lipinski definition) is 3. The molecule has 0 heterocycles. The molecule has 0 aliphatic heterocycles. The van der Waals surface area contributed by atoms with Gasteiger partial charge < -0.3 is 15.8 Å². The van der Waals surface area contributed by atoms with Gasteiger partial charge in [0.05, 0.1) is 0 Å². The third-order valence-corrected chi connectivity index (χ3v) is 1.67. The summed E-state index contributed by atoms with van der Waals surface area (Å²) < 4.78 is 25.9. The molecule has 0 fully saturated rings. The van der Waals surface area contributed by atoms with Crippen LogP contribution in [0.4, 0.5) is 8.78 Å². The molecule has 0 aliphatic carbocycles. The Morgan fingerprint density at radius 3 is 2.00 bits per heavy atom. The molecule has 0 aromatic heterocycles. The monoisotopic (exact) mass is 187 g/mol. The molecule has 0 saturated carbocycles. The molecule has 0 aliphatic rings. The van der Waals surface area contributed by atoms with Crippen molar-refractivity contribution in [3.05, 3.63) is 29.3 Å². The Hall–Kier alpha value is -0.975. The molecule has 13 heavy (non-hydrogen) atoms. The molecule has 1 rings (SSSR count). The fourth-order valence-electron chi connectivity index (χ4n) is 0.967. The first-order valence-electron chi connectivity index (χ1n) is 3.60. The van der Waals surface area contributed by atoms with Gasteiger partial charge in [-0.15, -0.1) is 0 Å². The van der Waals surface area contributed by atoms with E-state index in [1.807, 2.05) is 0 Å². The highest BCUT2D eigenvalue weighted by Gasteiger charge is 2.16. The summed E-state index contributed by atoms with van der Waals surface area (Å²) in [4.78, 5) is 0. The summed E-state index contributed by atoms with van der Waals surface area (Å²) in [6.07, 6.45) is 0. The van der Waals surface area contributed by atoms with Gasteiger partial charge in [0.25, 0.3) is 0 Å². The zero-order valence-corrected chi connectivity index (χ0v) is 6.67. The van der Waals surface area contributed by atoms with Crippen LogP contribution >= 0.6 is 0 Å². The Kier molecular flexibility index (Phi) is 2.97. The van der Waals surface area contributed by atoms with E-state index in [1.54, 1.807) is 0 Å². The second-order valence-electron chi connectivity index (χ2n) is 2.54. The third kappa shape index (κ3) is 2.03. The van der Waals surface area contributed by atoms with Crippen LogP contribution in [0.3, 0.4) is 0 Å². The van der Waals surface area contributed by atoms with Crippen LogP contribution in [0, 0.1) is 11.6 Å². The van der Waals surface area contributed by atoms with Crippen molar-refractivity contribution in [1.82, 2.24) is 0 Å². The fourth-order valence-corrected chi connectivity index (χ4v) is 0.967. The van der Waals surface area contributed by atoms with Crippen LogP contribution in [0.2, 0.25) is 0 Å². The number of benzene rings is 1. The summed E-state index contributed by atoms with van der Waals surface area (Å²) in [7, 11) is -1.88. The summed E-state index contributed by atoms with van der Waals surface area (Å²) >= 11 is 0. The first-order valence-corrected chi connectivity index (χ1v) is 3.60. The van der Waals surface area contributed by atoms with E-state index in [0.29, 0.717) is 0 Å². The molecule has 0 spiro atoms. The van der Waals surface area contributed by atoms with Crippen LogP contribution in [0.15, 0.2) is 12.1 Å². The van der Waals surface area contributed by atoms with E-state index in [4.69, 9.17) is 15.8 Å². The zero-order valence-electron chi connectivity index (χ0n) is 6.67. The Morgan fingerprint density at radius 2 is 1.69 bits per heavy atom. The van der Waals surface area contributed by atoms with Gasteiger partial charge in [-0.2, -0.15) is 0 Å². The van der Waals surface area contributed by atoms with E-state index < -0.39 is 18.8 Å². The predicted octanol–water partition coefficient (Wildman–Crippen LogP) is -0.897. The lowest BCUT2D eigenvalue weighted by Crippen LogP contribution is -2.31. The molecular weight excluding hydrogens is 179 g/mol. The van der Waals surface area contributed by atoms with Crippen LogP contribution in [0.5, 0.6) is 0 Å². The maximum Gasteiger partial charge on any atom is 0.488 e. The summed E-state index contributed by atoms with van der Waals surface area (Å²) in [5.41, 5.74) is 4.58. The second-order valence-corrected chi connectivity index (χ2v) is 2.54. The third-order valence-electron chi connectivity index (χ3n) is 1.67. The summed E-state index contributed by atoms with van der Waals surface area (Å²) in [6.45, 7) is -0.264. The predicted molar refractivity (Wildman–Crippen MR) is 44.1 cm³/mol. The molecule has 1 aromatic rings. The lowest BCUT2D eigenvalue weighted by molar-refractivity contribution is 0.424. The van der Waals surface area contributed by atoms with Crippen molar-refractivity contribution in [3.8, 4) is 0 Å². The van der Waals surface area contributed by atoms with E-state index in [1.165, 1.54) is 0 Å². The molecular formula is C7H8BF2NO2. The van der Waals surface area contributed by atoms with Gasteiger partial charge in [0.15, 0.2) is 0 Å². The average molecular weight is 187 g/mol. The highest BCUT2D eigenvalue weighted by Crippen LogP contribution is 2.09. The minimum absolute atomic E-state index is 0.229. The van der Waals surface area contributed by atoms with Crippen molar-refractivity contribution in [1.29, 1.82) is 0 Å². The highest BCUT2D eigenvalue weighted by atomic mass is 19.1. The van der Waals surface area contributed by atoms with E-state index >= 15 is 0 Å². The van der Waals surface area contributed by atoms with E-state index in [9.17, 15) is 8.78 Å². The molecule has 70 valence electrons. The van der Waals surface area contributed by atoms with Crippen LogP contribution < -0.4 is 11.2 Å². The van der Waals surface area contributed by atoms with Crippen LogP contribution in [-0.4, -0.2) is 17.2 Å². The van der Waals surface area contributed by atoms with Crippen molar-refractivity contribution in [2.75, 3.05) is 0 Å². The normalized spacial score (nSPS) is 10.2. The van der Waals surface area contributed by atoms with E-state index in [0.717, 1.165) is 12.1 Å². The summed E-state index contributed by atoms with van der Waals surface area (Å²) in [5, 5.41) is 17.3. The minimum atomic E-state index is -1.88. The molecule has 0 saturated heterocycles. The van der Waals surface area contributed by atoms with Gasteiger partial charge in [-0.3, -0.25) is 0 Å². The maximum absolute atomic E-state index is 12.9. The molecule has 4 N–H and O–H groups in total. The maximum atomic E-state index is 12.9. The van der Waals surface area contributed by atoms with Crippen molar-refractivity contribution < 1.29 is 18.8 Å². The van der Waals surface area contributed by atoms with Crippen molar-refractivity contribution in [3.63, 3.8) is 0 Å². The van der Waals surface area contributed by atoms with E-state index in [-0.39, 0.29) is 17.6 Å². The van der Waals surface area contributed by atoms with Crippen LogP contribution in [0.1, 0.15) is 5.56 Å². The largest absolute Gasteiger partial charge is 0.488 e. The smallest absolute Gasteiger partial charge is 0.423 e. The zero-order chi connectivity index (χ0) is 10.0. The number of rotatable bonds is 2. The Labute approximate surface area is 73.9 Å². The second kappa shape index (κ2) is 3.82. The molecule has 3 nitrogen and oxygen atoms in total. The van der Waals surface area contributed by atoms with Gasteiger partial charge in [-0.05, 0) is 17.6 Å². The van der Waals surface area contributed by atoms with Crippen molar-refractivity contribution in [2.24, 2.45) is 5.73 Å². The van der Waals surface area contributed by atoms with Gasteiger partial charge in [0, 0.05) is 12.1 Å². The summed E-state index contributed by atoms with van der Waals surface area (Å²) in [6, 6.07) is 1.69. The standard InChI is InChI=1S/C7H8BF2NO2/c9-6-1-4(8(12)13)2-7(10)5(6)3-11/h1-2,12-13H,3,11H2. The first kappa shape index (κ1) is 10.1. The molecule has 1 aromatic carbocycles. The van der Waals surface area contributed by atoms with E-state index in [2.05, 4.69) is 0 Å². The molecule has 6 heteroatoms. The van der Waals surface area contributed by atoms with Gasteiger partial charge in [0.2, 0.25) is 0 Å². The SMILES string of the molecule is NCc1c(F)cc(B(O)O)cc1F. The van der Waals surface area contributed by atoms with Gasteiger partial charge in [0.1, 0.15) is 11.6 Å². The first-order chi connectivity index (χ1) is 6.06. The lowest BCUT2D eigenvalue weighted by atomic mass is 9.80. The molecule has 0 radical (unpaired) electrons.